The molecule has 14 heavy (non-hydrogen) atoms. The maximum absolute atomic E-state index is 10.6. The minimum atomic E-state index is -0.500. The van der Waals surface area contributed by atoms with Gasteiger partial charge >= 0.3 is 0 Å². The Balaban J connectivity index is 2.07. The summed E-state index contributed by atoms with van der Waals surface area (Å²) in [5.41, 5.74) is -0.276. The molecule has 0 radical (unpaired) electrons. The summed E-state index contributed by atoms with van der Waals surface area (Å²) in [4.78, 5) is 0. The van der Waals surface area contributed by atoms with Crippen molar-refractivity contribution in [1.82, 2.24) is 0 Å². The van der Waals surface area contributed by atoms with Crippen LogP contribution in [0.15, 0.2) is 0 Å². The van der Waals surface area contributed by atoms with Crippen LogP contribution in [0.2, 0.25) is 0 Å². The Bertz CT molecular complexity index is 191. The maximum atomic E-state index is 10.6. The third-order valence-corrected chi connectivity index (χ3v) is 4.34. The van der Waals surface area contributed by atoms with Crippen LogP contribution >= 0.6 is 0 Å². The molecule has 1 N–H and O–H groups in total. The fraction of sp³-hybridized carbons (Fsp3) is 1.00. The fourth-order valence-electron chi connectivity index (χ4n) is 3.48. The van der Waals surface area contributed by atoms with Gasteiger partial charge in [-0.2, -0.15) is 0 Å². The lowest BCUT2D eigenvalue weighted by molar-refractivity contribution is -0.111. The molecule has 0 bridgehead atoms. The highest BCUT2D eigenvalue weighted by atomic mass is 16.5. The molecule has 1 atom stereocenters. The fourth-order valence-corrected chi connectivity index (χ4v) is 3.48. The highest BCUT2D eigenvalue weighted by Gasteiger charge is 2.54. The van der Waals surface area contributed by atoms with E-state index >= 15 is 0 Å². The quantitative estimate of drug-likeness (QED) is 0.755. The highest BCUT2D eigenvalue weighted by molar-refractivity contribution is 5.05. The third-order valence-electron chi connectivity index (χ3n) is 4.34. The Kier molecular flexibility index (Phi) is 2.85. The van der Waals surface area contributed by atoms with E-state index in [-0.39, 0.29) is 5.41 Å². The first-order valence-electron chi connectivity index (χ1n) is 6.03. The zero-order valence-electron chi connectivity index (χ0n) is 9.22. The van der Waals surface area contributed by atoms with Gasteiger partial charge in [0.15, 0.2) is 0 Å². The van der Waals surface area contributed by atoms with Crippen molar-refractivity contribution in [2.75, 3.05) is 13.2 Å². The monoisotopic (exact) mass is 198 g/mol. The summed E-state index contributed by atoms with van der Waals surface area (Å²) < 4.78 is 5.46. The molecule has 0 aromatic carbocycles. The summed E-state index contributed by atoms with van der Waals surface area (Å²) in [6.07, 6.45) is 8.39. The van der Waals surface area contributed by atoms with Crippen LogP contribution in [-0.4, -0.2) is 23.9 Å². The molecule has 0 aromatic rings. The average molecular weight is 198 g/mol. The van der Waals surface area contributed by atoms with Crippen molar-refractivity contribution in [2.24, 2.45) is 5.41 Å². The van der Waals surface area contributed by atoms with Crippen LogP contribution in [-0.2, 0) is 4.74 Å². The van der Waals surface area contributed by atoms with E-state index in [1.807, 2.05) is 6.92 Å². The van der Waals surface area contributed by atoms with Crippen LogP contribution in [0, 0.1) is 5.41 Å². The lowest BCUT2D eigenvalue weighted by atomic mass is 9.73. The van der Waals surface area contributed by atoms with Gasteiger partial charge in [0.2, 0.25) is 0 Å². The van der Waals surface area contributed by atoms with Gasteiger partial charge in [-0.05, 0) is 39.0 Å². The van der Waals surface area contributed by atoms with E-state index in [9.17, 15) is 5.11 Å². The Morgan fingerprint density at radius 3 is 2.36 bits per heavy atom. The number of ether oxygens (including phenoxy) is 1. The highest BCUT2D eigenvalue weighted by Crippen LogP contribution is 2.56. The summed E-state index contributed by atoms with van der Waals surface area (Å²) in [5, 5.41) is 10.6. The van der Waals surface area contributed by atoms with E-state index in [1.54, 1.807) is 0 Å². The largest absolute Gasteiger partial charge is 0.387 e. The molecule has 2 aliphatic carbocycles. The second-order valence-corrected chi connectivity index (χ2v) is 5.01. The minimum Gasteiger partial charge on any atom is -0.387 e. The third kappa shape index (κ3) is 1.49. The van der Waals surface area contributed by atoms with Crippen LogP contribution < -0.4 is 0 Å². The summed E-state index contributed by atoms with van der Waals surface area (Å²) in [6, 6.07) is 0. The van der Waals surface area contributed by atoms with Gasteiger partial charge in [0.1, 0.15) is 0 Å². The molecule has 2 fully saturated rings. The van der Waals surface area contributed by atoms with Crippen LogP contribution in [0.25, 0.3) is 0 Å². The summed E-state index contributed by atoms with van der Waals surface area (Å²) in [7, 11) is 0. The zero-order chi connectivity index (χ0) is 10.1. The predicted molar refractivity (Wildman–Crippen MR) is 56.2 cm³/mol. The lowest BCUT2D eigenvalue weighted by Gasteiger charge is -2.39. The normalized spacial score (nSPS) is 35.6. The summed E-state index contributed by atoms with van der Waals surface area (Å²) in [6.45, 7) is 3.28. The zero-order valence-corrected chi connectivity index (χ0v) is 9.22. The van der Waals surface area contributed by atoms with Gasteiger partial charge in [-0.3, -0.25) is 0 Å². The number of hydrogen-bond acceptors (Lipinski definition) is 2. The Morgan fingerprint density at radius 2 is 1.71 bits per heavy atom. The molecule has 0 heterocycles. The number of rotatable bonds is 3. The van der Waals surface area contributed by atoms with Crippen LogP contribution in [0.4, 0.5) is 0 Å². The summed E-state index contributed by atoms with van der Waals surface area (Å²) in [5.74, 6) is 0. The minimum absolute atomic E-state index is 0.224. The van der Waals surface area contributed by atoms with E-state index in [4.69, 9.17) is 4.74 Å². The molecule has 2 rings (SSSR count). The predicted octanol–water partition coefficient (Wildman–Crippen LogP) is 2.50. The van der Waals surface area contributed by atoms with Gasteiger partial charge in [0.25, 0.3) is 0 Å². The van der Waals surface area contributed by atoms with Gasteiger partial charge in [0, 0.05) is 12.0 Å². The molecule has 2 nitrogen and oxygen atoms in total. The van der Waals surface area contributed by atoms with Crippen molar-refractivity contribution in [3.8, 4) is 0 Å². The van der Waals surface area contributed by atoms with Crippen LogP contribution in [0.5, 0.6) is 0 Å². The van der Waals surface area contributed by atoms with Gasteiger partial charge in [-0.1, -0.05) is 12.8 Å². The molecule has 0 saturated heterocycles. The van der Waals surface area contributed by atoms with Crippen molar-refractivity contribution in [3.63, 3.8) is 0 Å². The average Bonchev–Trinajstić information content (AvgIpc) is 2.75. The molecule has 2 saturated carbocycles. The smallest absolute Gasteiger partial charge is 0.0935 e. The number of aliphatic hydroxyl groups is 1. The first-order chi connectivity index (χ1) is 6.72. The van der Waals surface area contributed by atoms with Crippen LogP contribution in [0.1, 0.15) is 51.9 Å². The van der Waals surface area contributed by atoms with Crippen LogP contribution in [0.3, 0.4) is 0 Å². The van der Waals surface area contributed by atoms with E-state index in [0.29, 0.717) is 6.61 Å². The maximum Gasteiger partial charge on any atom is 0.0935 e. The molecule has 0 aliphatic heterocycles. The summed E-state index contributed by atoms with van der Waals surface area (Å²) >= 11 is 0. The SMILES string of the molecule is CCOCC1(O)CCCC12CCCC2. The van der Waals surface area contributed by atoms with Crippen molar-refractivity contribution >= 4 is 0 Å². The molecule has 1 spiro atoms. The number of hydrogen-bond donors (Lipinski definition) is 1. The van der Waals surface area contributed by atoms with Crippen molar-refractivity contribution in [3.05, 3.63) is 0 Å². The van der Waals surface area contributed by atoms with E-state index in [0.717, 1.165) is 13.0 Å². The Labute approximate surface area is 86.6 Å². The molecular weight excluding hydrogens is 176 g/mol. The Hall–Kier alpha value is -0.0800. The standard InChI is InChI=1S/C12H22O2/c1-2-14-10-12(13)9-5-8-11(12)6-3-4-7-11/h13H,2-10H2,1H3. The van der Waals surface area contributed by atoms with Crippen molar-refractivity contribution in [2.45, 2.75) is 57.5 Å². The second kappa shape index (κ2) is 3.82. The molecule has 2 aliphatic rings. The molecule has 0 amide bonds. The lowest BCUT2D eigenvalue weighted by Crippen LogP contribution is -2.46. The van der Waals surface area contributed by atoms with E-state index in [1.165, 1.54) is 38.5 Å². The first kappa shape index (κ1) is 10.4. The van der Waals surface area contributed by atoms with Gasteiger partial charge in [0.05, 0.1) is 12.2 Å². The van der Waals surface area contributed by atoms with Gasteiger partial charge in [-0.15, -0.1) is 0 Å². The van der Waals surface area contributed by atoms with Gasteiger partial charge < -0.3 is 9.84 Å². The first-order valence-corrected chi connectivity index (χ1v) is 6.03. The topological polar surface area (TPSA) is 29.5 Å². The Morgan fingerprint density at radius 1 is 1.07 bits per heavy atom. The van der Waals surface area contributed by atoms with Gasteiger partial charge in [-0.25, -0.2) is 0 Å². The van der Waals surface area contributed by atoms with Crippen molar-refractivity contribution in [1.29, 1.82) is 0 Å². The molecule has 2 heteroatoms. The molecular formula is C12H22O2. The van der Waals surface area contributed by atoms with E-state index < -0.39 is 5.60 Å². The molecule has 1 unspecified atom stereocenters. The second-order valence-electron chi connectivity index (χ2n) is 5.01. The van der Waals surface area contributed by atoms with E-state index in [2.05, 4.69) is 0 Å². The van der Waals surface area contributed by atoms with Crippen molar-refractivity contribution < 1.29 is 9.84 Å². The molecule has 0 aromatic heterocycles. The molecule has 82 valence electrons.